The SMILES string of the molecule is CCCN1CCN(C(=O)c2ccn(C)n2)C[C@H](Cc2ccc(-c3ccccc3)cc2)C1=O. The van der Waals surface area contributed by atoms with Crippen molar-refractivity contribution >= 4 is 11.8 Å². The maximum absolute atomic E-state index is 13.3. The average molecular weight is 431 g/mol. The van der Waals surface area contributed by atoms with E-state index < -0.39 is 0 Å². The third-order valence-corrected chi connectivity index (χ3v) is 6.00. The van der Waals surface area contributed by atoms with Crippen LogP contribution in [-0.4, -0.2) is 57.6 Å². The molecule has 0 aliphatic carbocycles. The first-order valence-electron chi connectivity index (χ1n) is 11.3. The van der Waals surface area contributed by atoms with Crippen LogP contribution in [0.3, 0.4) is 0 Å². The lowest BCUT2D eigenvalue weighted by Gasteiger charge is -2.23. The largest absolute Gasteiger partial charge is 0.341 e. The Morgan fingerprint density at radius 2 is 1.72 bits per heavy atom. The van der Waals surface area contributed by atoms with Crippen molar-refractivity contribution in [1.29, 1.82) is 0 Å². The van der Waals surface area contributed by atoms with Crippen molar-refractivity contribution in [1.82, 2.24) is 19.6 Å². The molecule has 0 spiro atoms. The van der Waals surface area contributed by atoms with Crippen LogP contribution in [0, 0.1) is 5.92 Å². The molecule has 166 valence electrons. The summed E-state index contributed by atoms with van der Waals surface area (Å²) in [5.41, 5.74) is 3.86. The number of nitrogens with zero attached hydrogens (tertiary/aromatic N) is 4. The summed E-state index contributed by atoms with van der Waals surface area (Å²) < 4.78 is 1.63. The van der Waals surface area contributed by atoms with Crippen molar-refractivity contribution < 1.29 is 9.59 Å². The number of hydrogen-bond donors (Lipinski definition) is 0. The number of hydrogen-bond acceptors (Lipinski definition) is 3. The van der Waals surface area contributed by atoms with Gasteiger partial charge in [-0.3, -0.25) is 14.3 Å². The van der Waals surface area contributed by atoms with Crippen molar-refractivity contribution in [3.8, 4) is 11.1 Å². The number of carbonyl (C=O) groups is 2. The van der Waals surface area contributed by atoms with Gasteiger partial charge in [-0.25, -0.2) is 0 Å². The van der Waals surface area contributed by atoms with E-state index in [0.29, 0.717) is 38.3 Å². The summed E-state index contributed by atoms with van der Waals surface area (Å²) in [6.07, 6.45) is 3.28. The summed E-state index contributed by atoms with van der Waals surface area (Å²) in [6.45, 7) is 4.30. The predicted octanol–water partition coefficient (Wildman–Crippen LogP) is 3.64. The molecule has 3 aromatic rings. The number of rotatable bonds is 6. The van der Waals surface area contributed by atoms with Crippen LogP contribution < -0.4 is 0 Å². The highest BCUT2D eigenvalue weighted by Crippen LogP contribution is 2.23. The molecule has 6 nitrogen and oxygen atoms in total. The molecule has 1 aliphatic heterocycles. The molecule has 1 atom stereocenters. The van der Waals surface area contributed by atoms with Gasteiger partial charge in [0.1, 0.15) is 5.69 Å². The zero-order valence-electron chi connectivity index (χ0n) is 18.8. The Morgan fingerprint density at radius 1 is 1.00 bits per heavy atom. The number of benzene rings is 2. The fraction of sp³-hybridized carbons (Fsp3) is 0.346. The molecule has 4 rings (SSSR count). The molecule has 0 N–H and O–H groups in total. The predicted molar refractivity (Wildman–Crippen MR) is 125 cm³/mol. The summed E-state index contributed by atoms with van der Waals surface area (Å²) in [4.78, 5) is 30.1. The van der Waals surface area contributed by atoms with Crippen LogP contribution in [0.1, 0.15) is 29.4 Å². The minimum absolute atomic E-state index is 0.110. The van der Waals surface area contributed by atoms with Crippen LogP contribution in [0.2, 0.25) is 0 Å². The van der Waals surface area contributed by atoms with E-state index in [0.717, 1.165) is 17.5 Å². The van der Waals surface area contributed by atoms with Gasteiger partial charge >= 0.3 is 0 Å². The van der Waals surface area contributed by atoms with Gasteiger partial charge in [-0.05, 0) is 35.6 Å². The van der Waals surface area contributed by atoms with E-state index in [4.69, 9.17) is 0 Å². The first-order valence-corrected chi connectivity index (χ1v) is 11.3. The van der Waals surface area contributed by atoms with Gasteiger partial charge in [-0.15, -0.1) is 0 Å². The van der Waals surface area contributed by atoms with Crippen LogP contribution in [0.4, 0.5) is 0 Å². The Kier molecular flexibility index (Phi) is 6.69. The highest BCUT2D eigenvalue weighted by molar-refractivity contribution is 5.93. The first-order chi connectivity index (χ1) is 15.5. The van der Waals surface area contributed by atoms with E-state index in [2.05, 4.69) is 48.4 Å². The maximum atomic E-state index is 13.3. The highest BCUT2D eigenvalue weighted by atomic mass is 16.2. The Bertz CT molecular complexity index is 1060. The topological polar surface area (TPSA) is 58.4 Å². The molecule has 1 aromatic heterocycles. The molecule has 0 radical (unpaired) electrons. The van der Waals surface area contributed by atoms with Crippen molar-refractivity contribution in [3.05, 3.63) is 78.1 Å². The van der Waals surface area contributed by atoms with Crippen molar-refractivity contribution in [2.75, 3.05) is 26.2 Å². The number of carbonyl (C=O) groups excluding carboxylic acids is 2. The van der Waals surface area contributed by atoms with Gasteiger partial charge in [0.05, 0.1) is 5.92 Å². The summed E-state index contributed by atoms with van der Waals surface area (Å²) in [7, 11) is 1.80. The molecule has 2 amide bonds. The van der Waals surface area contributed by atoms with Gasteiger partial charge in [0.2, 0.25) is 5.91 Å². The van der Waals surface area contributed by atoms with E-state index in [1.807, 2.05) is 23.1 Å². The molecule has 2 heterocycles. The second-order valence-corrected chi connectivity index (χ2v) is 8.42. The fourth-order valence-corrected chi connectivity index (χ4v) is 4.31. The molecule has 2 aromatic carbocycles. The average Bonchev–Trinajstić information content (AvgIpc) is 3.20. The van der Waals surface area contributed by atoms with Crippen molar-refractivity contribution in [2.24, 2.45) is 13.0 Å². The molecule has 1 fully saturated rings. The molecular weight excluding hydrogens is 400 g/mol. The van der Waals surface area contributed by atoms with Crippen molar-refractivity contribution in [2.45, 2.75) is 19.8 Å². The Hall–Kier alpha value is -3.41. The van der Waals surface area contributed by atoms with Gasteiger partial charge in [-0.1, -0.05) is 61.5 Å². The Balaban J connectivity index is 1.53. The van der Waals surface area contributed by atoms with Crippen LogP contribution >= 0.6 is 0 Å². The molecule has 1 aliphatic rings. The monoisotopic (exact) mass is 430 g/mol. The first kappa shape index (κ1) is 21.8. The number of aryl methyl sites for hydroxylation is 1. The van der Waals surface area contributed by atoms with E-state index in [1.165, 1.54) is 5.56 Å². The number of amides is 2. The van der Waals surface area contributed by atoms with Gasteiger partial charge in [0.15, 0.2) is 0 Å². The lowest BCUT2D eigenvalue weighted by Crippen LogP contribution is -2.38. The van der Waals surface area contributed by atoms with Crippen LogP contribution in [-0.2, 0) is 18.3 Å². The van der Waals surface area contributed by atoms with Crippen LogP contribution in [0.5, 0.6) is 0 Å². The molecule has 6 heteroatoms. The lowest BCUT2D eigenvalue weighted by molar-refractivity contribution is -0.134. The van der Waals surface area contributed by atoms with E-state index in [1.54, 1.807) is 28.9 Å². The third-order valence-electron chi connectivity index (χ3n) is 6.00. The zero-order chi connectivity index (χ0) is 22.5. The minimum Gasteiger partial charge on any atom is -0.341 e. The number of aromatic nitrogens is 2. The molecule has 1 saturated heterocycles. The maximum Gasteiger partial charge on any atom is 0.274 e. The Labute approximate surface area is 189 Å². The Morgan fingerprint density at radius 3 is 2.38 bits per heavy atom. The quantitative estimate of drug-likeness (QED) is 0.600. The van der Waals surface area contributed by atoms with Crippen molar-refractivity contribution in [3.63, 3.8) is 0 Å². The third kappa shape index (κ3) is 4.90. The smallest absolute Gasteiger partial charge is 0.274 e. The summed E-state index contributed by atoms with van der Waals surface area (Å²) >= 11 is 0. The fourth-order valence-electron chi connectivity index (χ4n) is 4.31. The van der Waals surface area contributed by atoms with E-state index in [9.17, 15) is 9.59 Å². The minimum atomic E-state index is -0.265. The second kappa shape index (κ2) is 9.81. The zero-order valence-corrected chi connectivity index (χ0v) is 18.8. The normalized spacial score (nSPS) is 16.8. The summed E-state index contributed by atoms with van der Waals surface area (Å²) in [5, 5.41) is 4.27. The molecule has 0 saturated carbocycles. The summed E-state index contributed by atoms with van der Waals surface area (Å²) in [6, 6.07) is 20.4. The van der Waals surface area contributed by atoms with Crippen LogP contribution in [0.15, 0.2) is 66.9 Å². The molecular formula is C26H30N4O2. The van der Waals surface area contributed by atoms with Gasteiger partial charge in [-0.2, -0.15) is 5.10 Å². The highest BCUT2D eigenvalue weighted by Gasteiger charge is 2.32. The van der Waals surface area contributed by atoms with E-state index in [-0.39, 0.29) is 17.7 Å². The van der Waals surface area contributed by atoms with Gasteiger partial charge in [0.25, 0.3) is 5.91 Å². The standard InChI is InChI=1S/C26H30N4O2/c1-3-14-29-16-17-30(26(32)24-13-15-28(2)27-24)19-23(25(29)31)18-20-9-11-22(12-10-20)21-7-5-4-6-8-21/h4-13,15,23H,3,14,16-19H2,1-2H3/t23-/m0/s1. The second-order valence-electron chi connectivity index (χ2n) is 8.42. The van der Waals surface area contributed by atoms with Gasteiger partial charge < -0.3 is 9.80 Å². The molecule has 32 heavy (non-hydrogen) atoms. The van der Waals surface area contributed by atoms with E-state index >= 15 is 0 Å². The lowest BCUT2D eigenvalue weighted by atomic mass is 9.95. The van der Waals surface area contributed by atoms with Gasteiger partial charge in [0, 0.05) is 39.4 Å². The van der Waals surface area contributed by atoms with Crippen LogP contribution in [0.25, 0.3) is 11.1 Å². The molecule has 0 bridgehead atoms. The summed E-state index contributed by atoms with van der Waals surface area (Å²) in [5.74, 6) is -0.240. The molecule has 0 unspecified atom stereocenters.